The standard InChI is InChI=1S/C17H20FNO/c1-11-8-14(18)9-12(2)16(11)17(19-3)13-6-5-7-15(10-13)20-4/h5-10,17,19H,1-4H3. The Kier molecular flexibility index (Phi) is 4.40. The maximum Gasteiger partial charge on any atom is 0.123 e. The minimum absolute atomic E-state index is 0.0192. The molecular formula is C17H20FNO. The third-order valence-corrected chi connectivity index (χ3v) is 3.56. The van der Waals surface area contributed by atoms with Gasteiger partial charge in [-0.2, -0.15) is 0 Å². The van der Waals surface area contributed by atoms with Crippen molar-refractivity contribution in [3.05, 3.63) is 64.5 Å². The summed E-state index contributed by atoms with van der Waals surface area (Å²) in [6, 6.07) is 11.1. The van der Waals surface area contributed by atoms with E-state index in [0.29, 0.717) is 0 Å². The van der Waals surface area contributed by atoms with Crippen molar-refractivity contribution in [2.75, 3.05) is 14.2 Å². The lowest BCUT2D eigenvalue weighted by atomic mass is 9.91. The van der Waals surface area contributed by atoms with Crippen LogP contribution in [0.3, 0.4) is 0 Å². The van der Waals surface area contributed by atoms with Crippen LogP contribution in [0.25, 0.3) is 0 Å². The Hall–Kier alpha value is -1.87. The summed E-state index contributed by atoms with van der Waals surface area (Å²) in [5.74, 6) is 0.629. The Balaban J connectivity index is 2.52. The van der Waals surface area contributed by atoms with Gasteiger partial charge >= 0.3 is 0 Å². The first-order valence-electron chi connectivity index (χ1n) is 6.64. The molecule has 0 fully saturated rings. The van der Waals surface area contributed by atoms with E-state index in [2.05, 4.69) is 5.32 Å². The molecule has 0 aliphatic heterocycles. The molecule has 0 bridgehead atoms. The molecule has 0 heterocycles. The van der Waals surface area contributed by atoms with Crippen LogP contribution in [-0.2, 0) is 0 Å². The molecule has 2 aromatic rings. The van der Waals surface area contributed by atoms with Crippen LogP contribution in [-0.4, -0.2) is 14.2 Å². The Morgan fingerprint density at radius 1 is 1.10 bits per heavy atom. The van der Waals surface area contributed by atoms with Gasteiger partial charge in [0.2, 0.25) is 0 Å². The summed E-state index contributed by atoms with van der Waals surface area (Å²) in [4.78, 5) is 0. The molecule has 106 valence electrons. The van der Waals surface area contributed by atoms with E-state index in [1.807, 2.05) is 45.2 Å². The number of hydrogen-bond acceptors (Lipinski definition) is 2. The lowest BCUT2D eigenvalue weighted by Crippen LogP contribution is -2.20. The predicted molar refractivity (Wildman–Crippen MR) is 79.8 cm³/mol. The minimum Gasteiger partial charge on any atom is -0.497 e. The summed E-state index contributed by atoms with van der Waals surface area (Å²) >= 11 is 0. The van der Waals surface area contributed by atoms with Crippen molar-refractivity contribution in [2.24, 2.45) is 0 Å². The molecule has 0 radical (unpaired) electrons. The highest BCUT2D eigenvalue weighted by molar-refractivity contribution is 5.44. The molecule has 0 spiro atoms. The quantitative estimate of drug-likeness (QED) is 0.915. The van der Waals surface area contributed by atoms with Gasteiger partial charge in [0.05, 0.1) is 13.2 Å². The highest BCUT2D eigenvalue weighted by Gasteiger charge is 2.17. The van der Waals surface area contributed by atoms with Crippen molar-refractivity contribution < 1.29 is 9.13 Å². The Morgan fingerprint density at radius 2 is 1.75 bits per heavy atom. The molecule has 20 heavy (non-hydrogen) atoms. The second-order valence-electron chi connectivity index (χ2n) is 4.95. The largest absolute Gasteiger partial charge is 0.497 e. The third kappa shape index (κ3) is 2.83. The fourth-order valence-electron chi connectivity index (χ4n) is 2.68. The van der Waals surface area contributed by atoms with Crippen molar-refractivity contribution >= 4 is 0 Å². The zero-order valence-corrected chi connectivity index (χ0v) is 12.3. The minimum atomic E-state index is -0.191. The van der Waals surface area contributed by atoms with Crippen LogP contribution in [0.5, 0.6) is 5.75 Å². The normalized spacial score (nSPS) is 12.2. The highest BCUT2D eigenvalue weighted by atomic mass is 19.1. The topological polar surface area (TPSA) is 21.3 Å². The summed E-state index contributed by atoms with van der Waals surface area (Å²) < 4.78 is 18.7. The summed E-state index contributed by atoms with van der Waals surface area (Å²) in [5.41, 5.74) is 4.11. The van der Waals surface area contributed by atoms with E-state index in [9.17, 15) is 4.39 Å². The highest BCUT2D eigenvalue weighted by Crippen LogP contribution is 2.30. The molecule has 2 rings (SSSR count). The smallest absolute Gasteiger partial charge is 0.123 e. The van der Waals surface area contributed by atoms with E-state index in [-0.39, 0.29) is 11.9 Å². The molecule has 1 N–H and O–H groups in total. The van der Waals surface area contributed by atoms with Crippen LogP contribution >= 0.6 is 0 Å². The second-order valence-corrected chi connectivity index (χ2v) is 4.95. The average molecular weight is 273 g/mol. The van der Waals surface area contributed by atoms with Crippen LogP contribution in [0.1, 0.15) is 28.3 Å². The Labute approximate surface area is 119 Å². The molecule has 2 nitrogen and oxygen atoms in total. The van der Waals surface area contributed by atoms with E-state index in [0.717, 1.165) is 28.0 Å². The van der Waals surface area contributed by atoms with E-state index in [1.165, 1.54) is 0 Å². The number of hydrogen-bond donors (Lipinski definition) is 1. The molecular weight excluding hydrogens is 253 g/mol. The number of nitrogens with one attached hydrogen (secondary N) is 1. The van der Waals surface area contributed by atoms with Crippen LogP contribution in [0.4, 0.5) is 4.39 Å². The molecule has 3 heteroatoms. The van der Waals surface area contributed by atoms with Gasteiger partial charge in [-0.1, -0.05) is 12.1 Å². The molecule has 0 aliphatic rings. The van der Waals surface area contributed by atoms with E-state index >= 15 is 0 Å². The number of rotatable bonds is 4. The fraction of sp³-hybridized carbons (Fsp3) is 0.294. The van der Waals surface area contributed by atoms with Gasteiger partial charge in [0.25, 0.3) is 0 Å². The van der Waals surface area contributed by atoms with Crippen LogP contribution in [0, 0.1) is 19.7 Å². The maximum atomic E-state index is 13.5. The Morgan fingerprint density at radius 3 is 2.30 bits per heavy atom. The molecule has 0 aromatic heterocycles. The first-order chi connectivity index (χ1) is 9.56. The monoisotopic (exact) mass is 273 g/mol. The number of halogens is 1. The number of aryl methyl sites for hydroxylation is 2. The molecule has 1 atom stereocenters. The Bertz CT molecular complexity index is 587. The fourth-order valence-corrected chi connectivity index (χ4v) is 2.68. The van der Waals surface area contributed by atoms with Gasteiger partial charge in [0.15, 0.2) is 0 Å². The first-order valence-corrected chi connectivity index (χ1v) is 6.64. The maximum absolute atomic E-state index is 13.5. The zero-order valence-electron chi connectivity index (χ0n) is 12.3. The van der Waals surface area contributed by atoms with Gasteiger partial charge in [-0.3, -0.25) is 0 Å². The number of benzene rings is 2. The molecule has 0 saturated carbocycles. The van der Waals surface area contributed by atoms with Crippen molar-refractivity contribution in [2.45, 2.75) is 19.9 Å². The molecule has 1 unspecified atom stereocenters. The summed E-state index contributed by atoms with van der Waals surface area (Å²) in [7, 11) is 3.56. The lowest BCUT2D eigenvalue weighted by Gasteiger charge is -2.22. The predicted octanol–water partition coefficient (Wildman–Crippen LogP) is 3.76. The van der Waals surface area contributed by atoms with Crippen molar-refractivity contribution in [3.63, 3.8) is 0 Å². The average Bonchev–Trinajstić information content (AvgIpc) is 2.42. The van der Waals surface area contributed by atoms with Gasteiger partial charge in [0, 0.05) is 0 Å². The number of methoxy groups -OCH3 is 1. The van der Waals surface area contributed by atoms with Crippen molar-refractivity contribution in [1.29, 1.82) is 0 Å². The van der Waals surface area contributed by atoms with Gasteiger partial charge < -0.3 is 10.1 Å². The zero-order chi connectivity index (χ0) is 14.7. The van der Waals surface area contributed by atoms with Crippen molar-refractivity contribution in [3.8, 4) is 5.75 Å². The van der Waals surface area contributed by atoms with Gasteiger partial charge in [0.1, 0.15) is 11.6 Å². The summed E-state index contributed by atoms with van der Waals surface area (Å²) in [6.07, 6.45) is 0. The summed E-state index contributed by atoms with van der Waals surface area (Å²) in [5, 5.41) is 3.31. The van der Waals surface area contributed by atoms with Gasteiger partial charge in [-0.05, 0) is 67.4 Å². The second kappa shape index (κ2) is 6.06. The molecule has 2 aromatic carbocycles. The summed E-state index contributed by atoms with van der Waals surface area (Å²) in [6.45, 7) is 3.88. The van der Waals surface area contributed by atoms with Gasteiger partial charge in [-0.25, -0.2) is 4.39 Å². The SMILES string of the molecule is CNC(c1cccc(OC)c1)c1c(C)cc(F)cc1C. The van der Waals surface area contributed by atoms with Gasteiger partial charge in [-0.15, -0.1) is 0 Å². The van der Waals surface area contributed by atoms with E-state index in [1.54, 1.807) is 19.2 Å². The molecule has 0 saturated heterocycles. The van der Waals surface area contributed by atoms with Crippen LogP contribution in [0.15, 0.2) is 36.4 Å². The van der Waals surface area contributed by atoms with Crippen LogP contribution < -0.4 is 10.1 Å². The van der Waals surface area contributed by atoms with E-state index in [4.69, 9.17) is 4.74 Å². The van der Waals surface area contributed by atoms with Crippen LogP contribution in [0.2, 0.25) is 0 Å². The van der Waals surface area contributed by atoms with Crippen molar-refractivity contribution in [1.82, 2.24) is 5.32 Å². The molecule has 0 aliphatic carbocycles. The molecule has 0 amide bonds. The number of ether oxygens (including phenoxy) is 1. The first kappa shape index (κ1) is 14.5. The third-order valence-electron chi connectivity index (χ3n) is 3.56. The lowest BCUT2D eigenvalue weighted by molar-refractivity contribution is 0.413. The van der Waals surface area contributed by atoms with E-state index < -0.39 is 0 Å².